The van der Waals surface area contributed by atoms with E-state index in [9.17, 15) is 12.8 Å². The van der Waals surface area contributed by atoms with Crippen LogP contribution in [0.15, 0.2) is 23.1 Å². The molecule has 21 heavy (non-hydrogen) atoms. The highest BCUT2D eigenvalue weighted by Crippen LogP contribution is 2.26. The van der Waals surface area contributed by atoms with E-state index >= 15 is 0 Å². The van der Waals surface area contributed by atoms with E-state index < -0.39 is 15.8 Å². The quantitative estimate of drug-likeness (QED) is 0.796. The molecule has 0 N–H and O–H groups in total. The summed E-state index contributed by atoms with van der Waals surface area (Å²) in [4.78, 5) is 2.09. The molecule has 0 saturated carbocycles. The van der Waals surface area contributed by atoms with Crippen molar-refractivity contribution < 1.29 is 12.8 Å². The van der Waals surface area contributed by atoms with Crippen LogP contribution in [-0.2, 0) is 15.9 Å². The number of halogens is 2. The Labute approximate surface area is 130 Å². The molecule has 0 spiro atoms. The van der Waals surface area contributed by atoms with Crippen molar-refractivity contribution in [2.24, 2.45) is 0 Å². The van der Waals surface area contributed by atoms with Crippen molar-refractivity contribution >= 4 is 21.6 Å². The molecule has 118 valence electrons. The zero-order chi connectivity index (χ0) is 15.6. The molecule has 0 amide bonds. The van der Waals surface area contributed by atoms with Crippen LogP contribution in [0.4, 0.5) is 4.39 Å². The van der Waals surface area contributed by atoms with Crippen LogP contribution in [0.1, 0.15) is 18.9 Å². The second-order valence-electron chi connectivity index (χ2n) is 5.47. The standard InChI is InChI=1S/C14H20ClFN2O2S/c1-11-10-17(2)6-3-7-18(11)21(19,20)14-8-13(16)5-4-12(14)9-15/h4-5,8,11H,3,6-7,9-10H2,1-2H3. The Morgan fingerprint density at radius 3 is 2.76 bits per heavy atom. The van der Waals surface area contributed by atoms with Crippen molar-refractivity contribution in [3.05, 3.63) is 29.6 Å². The third-order valence-electron chi connectivity index (χ3n) is 3.75. The second kappa shape index (κ2) is 6.60. The van der Waals surface area contributed by atoms with E-state index in [2.05, 4.69) is 4.90 Å². The van der Waals surface area contributed by atoms with Gasteiger partial charge in [-0.2, -0.15) is 4.31 Å². The van der Waals surface area contributed by atoms with Gasteiger partial charge in [-0.3, -0.25) is 0 Å². The zero-order valence-electron chi connectivity index (χ0n) is 12.2. The van der Waals surface area contributed by atoms with Gasteiger partial charge in [0.15, 0.2) is 0 Å². The summed E-state index contributed by atoms with van der Waals surface area (Å²) in [6, 6.07) is 3.57. The third kappa shape index (κ3) is 3.56. The lowest BCUT2D eigenvalue weighted by molar-refractivity contribution is 0.290. The lowest BCUT2D eigenvalue weighted by atomic mass is 10.2. The summed E-state index contributed by atoms with van der Waals surface area (Å²) in [5.74, 6) is -0.529. The van der Waals surface area contributed by atoms with Crippen molar-refractivity contribution in [1.29, 1.82) is 0 Å². The van der Waals surface area contributed by atoms with Gasteiger partial charge >= 0.3 is 0 Å². The molecule has 1 atom stereocenters. The molecule has 1 aromatic rings. The van der Waals surface area contributed by atoms with Crippen LogP contribution in [0.5, 0.6) is 0 Å². The summed E-state index contributed by atoms with van der Waals surface area (Å²) in [6.07, 6.45) is 0.756. The predicted molar refractivity (Wildman–Crippen MR) is 81.4 cm³/mol. The van der Waals surface area contributed by atoms with Gasteiger partial charge in [0.25, 0.3) is 0 Å². The molecule has 7 heteroatoms. The number of hydrogen-bond acceptors (Lipinski definition) is 3. The maximum Gasteiger partial charge on any atom is 0.243 e. The predicted octanol–water partition coefficient (Wildman–Crippen LogP) is 2.28. The largest absolute Gasteiger partial charge is 0.305 e. The highest BCUT2D eigenvalue weighted by molar-refractivity contribution is 7.89. The van der Waals surface area contributed by atoms with Gasteiger partial charge < -0.3 is 4.90 Å². The van der Waals surface area contributed by atoms with Gasteiger partial charge in [-0.15, -0.1) is 11.6 Å². The Morgan fingerprint density at radius 2 is 2.10 bits per heavy atom. The van der Waals surface area contributed by atoms with Gasteiger partial charge in [-0.25, -0.2) is 12.8 Å². The average molecular weight is 335 g/mol. The average Bonchev–Trinajstić information content (AvgIpc) is 2.59. The Bertz CT molecular complexity index is 609. The summed E-state index contributed by atoms with van der Waals surface area (Å²) < 4.78 is 40.7. The summed E-state index contributed by atoms with van der Waals surface area (Å²) in [5, 5.41) is 0. The number of rotatable bonds is 3. The number of nitrogens with zero attached hydrogens (tertiary/aromatic N) is 2. The maximum absolute atomic E-state index is 13.5. The Balaban J connectivity index is 2.43. The molecule has 0 radical (unpaired) electrons. The fourth-order valence-corrected chi connectivity index (χ4v) is 4.92. The maximum atomic E-state index is 13.5. The van der Waals surface area contributed by atoms with Crippen molar-refractivity contribution in [3.8, 4) is 0 Å². The molecular weight excluding hydrogens is 315 g/mol. The van der Waals surface area contributed by atoms with Gasteiger partial charge in [-0.05, 0) is 44.6 Å². The van der Waals surface area contributed by atoms with Gasteiger partial charge in [0.2, 0.25) is 10.0 Å². The number of alkyl halides is 1. The van der Waals surface area contributed by atoms with Crippen LogP contribution in [-0.4, -0.2) is 50.3 Å². The first-order valence-electron chi connectivity index (χ1n) is 6.91. The molecule has 1 aliphatic rings. The van der Waals surface area contributed by atoms with E-state index in [4.69, 9.17) is 11.6 Å². The van der Waals surface area contributed by atoms with Crippen LogP contribution >= 0.6 is 11.6 Å². The lowest BCUT2D eigenvalue weighted by Gasteiger charge is -2.28. The second-order valence-corrected chi connectivity index (χ2v) is 7.59. The summed E-state index contributed by atoms with van der Waals surface area (Å²) in [5.41, 5.74) is 0.433. The fraction of sp³-hybridized carbons (Fsp3) is 0.571. The van der Waals surface area contributed by atoms with Crippen LogP contribution in [0.2, 0.25) is 0 Å². The SMILES string of the molecule is CC1CN(C)CCCN1S(=O)(=O)c1cc(F)ccc1CCl. The van der Waals surface area contributed by atoms with E-state index in [0.29, 0.717) is 18.7 Å². The van der Waals surface area contributed by atoms with Gasteiger partial charge in [0.05, 0.1) is 4.90 Å². The molecular formula is C14H20ClFN2O2S. The third-order valence-corrected chi connectivity index (χ3v) is 6.13. The minimum Gasteiger partial charge on any atom is -0.305 e. The molecule has 1 heterocycles. The van der Waals surface area contributed by atoms with Crippen molar-refractivity contribution in [2.75, 3.05) is 26.7 Å². The molecule has 2 rings (SSSR count). The first-order chi connectivity index (χ1) is 9.86. The molecule has 1 aliphatic heterocycles. The zero-order valence-corrected chi connectivity index (χ0v) is 13.8. The van der Waals surface area contributed by atoms with Gasteiger partial charge in [0.1, 0.15) is 5.82 Å². The fourth-order valence-electron chi connectivity index (χ4n) is 2.71. The molecule has 1 unspecified atom stereocenters. The van der Waals surface area contributed by atoms with Gasteiger partial charge in [0, 0.05) is 25.0 Å². The monoisotopic (exact) mass is 334 g/mol. The Kier molecular flexibility index (Phi) is 5.24. The van der Waals surface area contributed by atoms with Crippen LogP contribution in [0, 0.1) is 5.82 Å². The molecule has 1 aromatic carbocycles. The molecule has 0 aliphatic carbocycles. The number of sulfonamides is 1. The molecule has 0 bridgehead atoms. The minimum atomic E-state index is -3.74. The van der Waals surface area contributed by atoms with Crippen molar-refractivity contribution in [1.82, 2.24) is 9.21 Å². The Morgan fingerprint density at radius 1 is 1.38 bits per heavy atom. The summed E-state index contributed by atoms with van der Waals surface area (Å²) in [7, 11) is -1.77. The minimum absolute atomic E-state index is 0.0195. The highest BCUT2D eigenvalue weighted by Gasteiger charge is 2.32. The van der Waals surface area contributed by atoms with Gasteiger partial charge in [-0.1, -0.05) is 6.07 Å². The normalized spacial score (nSPS) is 22.2. The van der Waals surface area contributed by atoms with Crippen LogP contribution in [0.3, 0.4) is 0 Å². The van der Waals surface area contributed by atoms with E-state index in [0.717, 1.165) is 19.0 Å². The molecule has 0 aromatic heterocycles. The number of likely N-dealkylation sites (N-methyl/N-ethyl adjacent to an activating group) is 1. The van der Waals surface area contributed by atoms with E-state index in [-0.39, 0.29) is 16.8 Å². The lowest BCUT2D eigenvalue weighted by Crippen LogP contribution is -2.42. The smallest absolute Gasteiger partial charge is 0.243 e. The number of hydrogen-bond donors (Lipinski definition) is 0. The van der Waals surface area contributed by atoms with Crippen LogP contribution in [0.25, 0.3) is 0 Å². The summed E-state index contributed by atoms with van der Waals surface area (Å²) in [6.45, 7) is 3.82. The van der Waals surface area contributed by atoms with Crippen molar-refractivity contribution in [2.45, 2.75) is 30.2 Å². The van der Waals surface area contributed by atoms with E-state index in [1.807, 2.05) is 14.0 Å². The summed E-state index contributed by atoms with van der Waals surface area (Å²) >= 11 is 5.81. The Hall–Kier alpha value is -0.690. The van der Waals surface area contributed by atoms with E-state index in [1.165, 1.54) is 16.4 Å². The van der Waals surface area contributed by atoms with Crippen LogP contribution < -0.4 is 0 Å². The first kappa shape index (κ1) is 16.7. The molecule has 1 saturated heterocycles. The highest BCUT2D eigenvalue weighted by atomic mass is 35.5. The van der Waals surface area contributed by atoms with E-state index in [1.54, 1.807) is 0 Å². The molecule has 4 nitrogen and oxygen atoms in total. The number of benzene rings is 1. The topological polar surface area (TPSA) is 40.6 Å². The van der Waals surface area contributed by atoms with Crippen molar-refractivity contribution in [3.63, 3.8) is 0 Å². The molecule has 1 fully saturated rings. The first-order valence-corrected chi connectivity index (χ1v) is 8.88.